The summed E-state index contributed by atoms with van der Waals surface area (Å²) in [6, 6.07) is 0. The predicted octanol–water partition coefficient (Wildman–Crippen LogP) is 2.55. The molecule has 0 radical (unpaired) electrons. The molecule has 3 heteroatoms. The predicted molar refractivity (Wildman–Crippen MR) is 42.5 cm³/mol. The highest BCUT2D eigenvalue weighted by atomic mass is 35.5. The van der Waals surface area contributed by atoms with Crippen molar-refractivity contribution < 1.29 is 4.79 Å². The minimum absolute atomic E-state index is 0.219. The number of halogens is 2. The van der Waals surface area contributed by atoms with Crippen molar-refractivity contribution in [2.75, 3.05) is 0 Å². The second-order valence-corrected chi connectivity index (χ2v) is 4.45. The van der Waals surface area contributed by atoms with Gasteiger partial charge in [-0.1, -0.05) is 0 Å². The van der Waals surface area contributed by atoms with Gasteiger partial charge in [-0.25, -0.2) is 0 Å². The van der Waals surface area contributed by atoms with Crippen LogP contribution in [-0.2, 0) is 4.79 Å². The Bertz CT molecular complexity index is 154. The van der Waals surface area contributed by atoms with Crippen molar-refractivity contribution in [2.24, 2.45) is 5.92 Å². The Hall–Kier alpha value is 0.250. The molecule has 0 heterocycles. The summed E-state index contributed by atoms with van der Waals surface area (Å²) in [6.45, 7) is 1.59. The highest BCUT2D eigenvalue weighted by Gasteiger charge is 2.50. The molecule has 1 unspecified atom stereocenters. The Labute approximate surface area is 70.7 Å². The van der Waals surface area contributed by atoms with Crippen molar-refractivity contribution in [1.29, 1.82) is 0 Å². The van der Waals surface area contributed by atoms with Crippen LogP contribution >= 0.6 is 23.2 Å². The van der Waals surface area contributed by atoms with E-state index in [2.05, 4.69) is 0 Å². The molecule has 1 rings (SSSR count). The molecule has 0 bridgehead atoms. The second-order valence-electron chi connectivity index (χ2n) is 2.90. The van der Waals surface area contributed by atoms with Crippen LogP contribution in [0.25, 0.3) is 0 Å². The number of Topliss-reactive ketones (excluding diaryl/α,β-unsaturated/α-hetero) is 1. The molecule has 0 spiro atoms. The van der Waals surface area contributed by atoms with Crippen LogP contribution in [0.4, 0.5) is 0 Å². The molecular formula is C7H10Cl2O. The number of hydrogen-bond acceptors (Lipinski definition) is 1. The molecule has 1 nitrogen and oxygen atoms in total. The van der Waals surface area contributed by atoms with Crippen molar-refractivity contribution >= 4 is 29.0 Å². The van der Waals surface area contributed by atoms with E-state index in [4.69, 9.17) is 23.2 Å². The lowest BCUT2D eigenvalue weighted by Gasteiger charge is -1.95. The maximum absolute atomic E-state index is 10.5. The van der Waals surface area contributed by atoms with Gasteiger partial charge in [0, 0.05) is 6.42 Å². The fourth-order valence-electron chi connectivity index (χ4n) is 0.960. The highest BCUT2D eigenvalue weighted by molar-refractivity contribution is 6.50. The summed E-state index contributed by atoms with van der Waals surface area (Å²) >= 11 is 11.5. The second kappa shape index (κ2) is 2.71. The Balaban J connectivity index is 2.13. The fourth-order valence-corrected chi connectivity index (χ4v) is 1.55. The Morgan fingerprint density at radius 3 is 2.50 bits per heavy atom. The van der Waals surface area contributed by atoms with E-state index in [1.54, 1.807) is 6.92 Å². The molecule has 1 aliphatic carbocycles. The number of rotatable bonds is 3. The van der Waals surface area contributed by atoms with E-state index in [-0.39, 0.29) is 5.78 Å². The van der Waals surface area contributed by atoms with Crippen LogP contribution in [0, 0.1) is 5.92 Å². The SMILES string of the molecule is CC(=O)CCC1CC1(Cl)Cl. The van der Waals surface area contributed by atoms with Crippen molar-refractivity contribution in [3.8, 4) is 0 Å². The quantitative estimate of drug-likeness (QED) is 0.611. The zero-order valence-corrected chi connectivity index (χ0v) is 7.37. The average Bonchev–Trinajstić information content (AvgIpc) is 2.35. The van der Waals surface area contributed by atoms with Gasteiger partial charge >= 0.3 is 0 Å². The van der Waals surface area contributed by atoms with Gasteiger partial charge < -0.3 is 4.79 Å². The largest absolute Gasteiger partial charge is 0.300 e. The lowest BCUT2D eigenvalue weighted by molar-refractivity contribution is -0.117. The fraction of sp³-hybridized carbons (Fsp3) is 0.857. The van der Waals surface area contributed by atoms with Crippen molar-refractivity contribution in [2.45, 2.75) is 30.5 Å². The van der Waals surface area contributed by atoms with Crippen molar-refractivity contribution in [3.63, 3.8) is 0 Å². The highest BCUT2D eigenvalue weighted by Crippen LogP contribution is 2.55. The third-order valence-electron chi connectivity index (χ3n) is 1.80. The standard InChI is InChI=1S/C7H10Cl2O/c1-5(10)2-3-6-4-7(6,8)9/h6H,2-4H2,1H3. The van der Waals surface area contributed by atoms with E-state index < -0.39 is 4.33 Å². The first-order chi connectivity index (χ1) is 4.52. The number of alkyl halides is 2. The maximum atomic E-state index is 10.5. The third kappa shape index (κ3) is 2.14. The van der Waals surface area contributed by atoms with Gasteiger partial charge in [-0.05, 0) is 25.7 Å². The lowest BCUT2D eigenvalue weighted by atomic mass is 10.2. The Morgan fingerprint density at radius 2 is 2.20 bits per heavy atom. The van der Waals surface area contributed by atoms with E-state index in [1.165, 1.54) is 0 Å². The number of ketones is 1. The van der Waals surface area contributed by atoms with Gasteiger partial charge in [0.2, 0.25) is 0 Å². The van der Waals surface area contributed by atoms with E-state index in [0.29, 0.717) is 12.3 Å². The number of carbonyl (C=O) groups is 1. The summed E-state index contributed by atoms with van der Waals surface area (Å²) in [6.07, 6.45) is 2.32. The summed E-state index contributed by atoms with van der Waals surface area (Å²) in [5.74, 6) is 0.579. The molecular weight excluding hydrogens is 171 g/mol. The molecule has 1 fully saturated rings. The summed E-state index contributed by atoms with van der Waals surface area (Å²) in [5, 5.41) is 0. The smallest absolute Gasteiger partial charge is 0.129 e. The summed E-state index contributed by atoms with van der Waals surface area (Å²) in [4.78, 5) is 10.5. The molecule has 1 atom stereocenters. The van der Waals surface area contributed by atoms with Crippen LogP contribution in [0.3, 0.4) is 0 Å². The maximum Gasteiger partial charge on any atom is 0.129 e. The van der Waals surface area contributed by atoms with Crippen LogP contribution in [0.15, 0.2) is 0 Å². The summed E-state index contributed by atoms with van der Waals surface area (Å²) in [7, 11) is 0. The summed E-state index contributed by atoms with van der Waals surface area (Å²) in [5.41, 5.74) is 0. The zero-order chi connectivity index (χ0) is 7.78. The van der Waals surface area contributed by atoms with Crippen LogP contribution in [0.2, 0.25) is 0 Å². The molecule has 0 aliphatic heterocycles. The molecule has 1 saturated carbocycles. The molecule has 10 heavy (non-hydrogen) atoms. The summed E-state index contributed by atoms with van der Waals surface area (Å²) < 4.78 is -0.505. The van der Waals surface area contributed by atoms with Crippen LogP contribution in [-0.4, -0.2) is 10.1 Å². The Morgan fingerprint density at radius 1 is 1.70 bits per heavy atom. The van der Waals surface area contributed by atoms with Crippen molar-refractivity contribution in [1.82, 2.24) is 0 Å². The van der Waals surface area contributed by atoms with Gasteiger partial charge in [-0.15, -0.1) is 23.2 Å². The number of hydrogen-bond donors (Lipinski definition) is 0. The van der Waals surface area contributed by atoms with Crippen LogP contribution in [0.1, 0.15) is 26.2 Å². The molecule has 0 amide bonds. The topological polar surface area (TPSA) is 17.1 Å². The molecule has 0 saturated heterocycles. The lowest BCUT2D eigenvalue weighted by Crippen LogP contribution is -1.94. The van der Waals surface area contributed by atoms with E-state index >= 15 is 0 Å². The normalized spacial score (nSPS) is 28.1. The number of carbonyl (C=O) groups excluding carboxylic acids is 1. The first kappa shape index (κ1) is 8.35. The van der Waals surface area contributed by atoms with Gasteiger partial charge in [-0.3, -0.25) is 0 Å². The molecule has 58 valence electrons. The minimum atomic E-state index is -0.505. The average molecular weight is 181 g/mol. The van der Waals surface area contributed by atoms with Gasteiger partial charge in [0.25, 0.3) is 0 Å². The molecule has 0 aromatic heterocycles. The molecule has 0 aromatic carbocycles. The van der Waals surface area contributed by atoms with E-state index in [1.807, 2.05) is 0 Å². The van der Waals surface area contributed by atoms with E-state index in [9.17, 15) is 4.79 Å². The molecule has 0 aromatic rings. The zero-order valence-electron chi connectivity index (χ0n) is 5.86. The van der Waals surface area contributed by atoms with Gasteiger partial charge in [0.05, 0.1) is 0 Å². The van der Waals surface area contributed by atoms with Gasteiger partial charge in [0.1, 0.15) is 10.1 Å². The minimum Gasteiger partial charge on any atom is -0.300 e. The molecule has 1 aliphatic rings. The van der Waals surface area contributed by atoms with Crippen LogP contribution in [0.5, 0.6) is 0 Å². The molecule has 0 N–H and O–H groups in total. The monoisotopic (exact) mass is 180 g/mol. The van der Waals surface area contributed by atoms with Crippen LogP contribution < -0.4 is 0 Å². The first-order valence-corrected chi connectivity index (χ1v) is 4.15. The van der Waals surface area contributed by atoms with E-state index in [0.717, 1.165) is 12.8 Å². The third-order valence-corrected chi connectivity index (χ3v) is 2.73. The van der Waals surface area contributed by atoms with Gasteiger partial charge in [-0.2, -0.15) is 0 Å². The van der Waals surface area contributed by atoms with Gasteiger partial charge in [0.15, 0.2) is 0 Å². The first-order valence-electron chi connectivity index (χ1n) is 3.39. The Kier molecular flexibility index (Phi) is 2.26. The van der Waals surface area contributed by atoms with Crippen molar-refractivity contribution in [3.05, 3.63) is 0 Å².